The number of anilines is 1. The second-order valence-corrected chi connectivity index (χ2v) is 5.38. The number of nitrogens with zero attached hydrogens (tertiary/aromatic N) is 2. The van der Waals surface area contributed by atoms with Gasteiger partial charge in [-0.2, -0.15) is 5.10 Å². The average Bonchev–Trinajstić information content (AvgIpc) is 3.11. The molecule has 22 heavy (non-hydrogen) atoms. The largest absolute Gasteiger partial charge is 0.465 e. The lowest BCUT2D eigenvalue weighted by molar-refractivity contribution is 0.102. The molecule has 7 nitrogen and oxygen atoms in total. The number of hydrogen-bond acceptors (Lipinski definition) is 3. The highest BCUT2D eigenvalue weighted by atomic mass is 16.4. The molecule has 0 aliphatic heterocycles. The molecule has 0 radical (unpaired) electrons. The van der Waals surface area contributed by atoms with Crippen molar-refractivity contribution in [2.75, 3.05) is 5.32 Å². The molecule has 1 aliphatic rings. The van der Waals surface area contributed by atoms with E-state index >= 15 is 0 Å². The van der Waals surface area contributed by atoms with Gasteiger partial charge in [-0.1, -0.05) is 12.1 Å². The number of aromatic nitrogens is 2. The van der Waals surface area contributed by atoms with E-state index in [0.29, 0.717) is 11.3 Å². The molecule has 1 heterocycles. The van der Waals surface area contributed by atoms with Gasteiger partial charge in [0.15, 0.2) is 0 Å². The number of nitrogens with one attached hydrogen (secondary N) is 2. The Balaban J connectivity index is 1.62. The monoisotopic (exact) mass is 300 g/mol. The topological polar surface area (TPSA) is 96.2 Å². The van der Waals surface area contributed by atoms with Crippen molar-refractivity contribution in [3.8, 4) is 0 Å². The molecule has 1 fully saturated rings. The minimum absolute atomic E-state index is 0.0208. The van der Waals surface area contributed by atoms with Gasteiger partial charge in [0, 0.05) is 30.8 Å². The van der Waals surface area contributed by atoms with E-state index in [1.54, 1.807) is 36.3 Å². The number of amides is 2. The van der Waals surface area contributed by atoms with Crippen molar-refractivity contribution in [3.63, 3.8) is 0 Å². The van der Waals surface area contributed by atoms with E-state index in [1.165, 1.54) is 0 Å². The maximum Gasteiger partial charge on any atom is 0.404 e. The fourth-order valence-corrected chi connectivity index (χ4v) is 2.45. The molecule has 1 aliphatic carbocycles. The Labute approximate surface area is 126 Å². The average molecular weight is 300 g/mol. The van der Waals surface area contributed by atoms with Gasteiger partial charge in [-0.05, 0) is 24.1 Å². The number of aryl methyl sites for hydroxylation is 1. The summed E-state index contributed by atoms with van der Waals surface area (Å²) in [5.41, 5.74) is 2.23. The maximum absolute atomic E-state index is 12.1. The number of benzene rings is 1. The zero-order valence-corrected chi connectivity index (χ0v) is 12.0. The predicted molar refractivity (Wildman–Crippen MR) is 79.9 cm³/mol. The molecule has 3 rings (SSSR count). The van der Waals surface area contributed by atoms with Crippen LogP contribution in [0.25, 0.3) is 0 Å². The third-order valence-corrected chi connectivity index (χ3v) is 3.66. The lowest BCUT2D eigenvalue weighted by Gasteiger charge is -2.05. The SMILES string of the molecule is Cn1cc(NC(=O)c2ccc([C@@H]3C[C@H]3NC(=O)O)cc2)cn1. The fraction of sp³-hybridized carbons (Fsp3) is 0.267. The normalized spacial score (nSPS) is 19.5. The number of rotatable bonds is 4. The molecular formula is C15H16N4O3. The smallest absolute Gasteiger partial charge is 0.404 e. The third-order valence-electron chi connectivity index (χ3n) is 3.66. The van der Waals surface area contributed by atoms with E-state index in [-0.39, 0.29) is 17.9 Å². The van der Waals surface area contributed by atoms with Crippen molar-refractivity contribution in [2.24, 2.45) is 7.05 Å². The minimum Gasteiger partial charge on any atom is -0.465 e. The molecule has 1 saturated carbocycles. The number of hydrogen-bond donors (Lipinski definition) is 3. The summed E-state index contributed by atoms with van der Waals surface area (Å²) >= 11 is 0. The van der Waals surface area contributed by atoms with Gasteiger partial charge in [-0.3, -0.25) is 9.48 Å². The second-order valence-electron chi connectivity index (χ2n) is 5.38. The van der Waals surface area contributed by atoms with Crippen LogP contribution in [0.15, 0.2) is 36.7 Å². The quantitative estimate of drug-likeness (QED) is 0.802. The summed E-state index contributed by atoms with van der Waals surface area (Å²) in [6.45, 7) is 0. The van der Waals surface area contributed by atoms with Gasteiger partial charge in [0.05, 0.1) is 11.9 Å². The van der Waals surface area contributed by atoms with Crippen LogP contribution in [0.2, 0.25) is 0 Å². The van der Waals surface area contributed by atoms with Gasteiger partial charge < -0.3 is 15.7 Å². The van der Waals surface area contributed by atoms with Crippen LogP contribution in [0.5, 0.6) is 0 Å². The van der Waals surface area contributed by atoms with Crippen LogP contribution in [0.1, 0.15) is 28.3 Å². The lowest BCUT2D eigenvalue weighted by Crippen LogP contribution is -2.24. The van der Waals surface area contributed by atoms with Crippen molar-refractivity contribution < 1.29 is 14.7 Å². The summed E-state index contributed by atoms with van der Waals surface area (Å²) in [7, 11) is 1.78. The first-order valence-corrected chi connectivity index (χ1v) is 6.92. The van der Waals surface area contributed by atoms with Gasteiger partial charge in [0.25, 0.3) is 5.91 Å². The highest BCUT2D eigenvalue weighted by Gasteiger charge is 2.39. The number of carboxylic acid groups (broad SMARTS) is 1. The van der Waals surface area contributed by atoms with Crippen LogP contribution in [0.4, 0.5) is 10.5 Å². The molecular weight excluding hydrogens is 284 g/mol. The Kier molecular flexibility index (Phi) is 3.54. The summed E-state index contributed by atoms with van der Waals surface area (Å²) < 4.78 is 1.61. The number of carbonyl (C=O) groups is 2. The van der Waals surface area contributed by atoms with Crippen LogP contribution in [0, 0.1) is 0 Å². The molecule has 3 N–H and O–H groups in total. The first kappa shape index (κ1) is 14.1. The molecule has 7 heteroatoms. The van der Waals surface area contributed by atoms with Gasteiger partial charge in [0.1, 0.15) is 0 Å². The summed E-state index contributed by atoms with van der Waals surface area (Å²) in [5.74, 6) is 0.00194. The van der Waals surface area contributed by atoms with Crippen molar-refractivity contribution in [1.29, 1.82) is 0 Å². The van der Waals surface area contributed by atoms with Crippen LogP contribution in [-0.4, -0.2) is 32.9 Å². The fourth-order valence-electron chi connectivity index (χ4n) is 2.45. The van der Waals surface area contributed by atoms with Crippen molar-refractivity contribution >= 4 is 17.7 Å². The van der Waals surface area contributed by atoms with Crippen LogP contribution >= 0.6 is 0 Å². The van der Waals surface area contributed by atoms with Gasteiger partial charge in [0.2, 0.25) is 0 Å². The second kappa shape index (κ2) is 5.51. The van der Waals surface area contributed by atoms with Crippen LogP contribution in [-0.2, 0) is 7.05 Å². The Morgan fingerprint density at radius 1 is 1.32 bits per heavy atom. The van der Waals surface area contributed by atoms with Crippen molar-refractivity contribution in [1.82, 2.24) is 15.1 Å². The third kappa shape index (κ3) is 3.08. The highest BCUT2D eigenvalue weighted by molar-refractivity contribution is 6.04. The summed E-state index contributed by atoms with van der Waals surface area (Å²) in [6.07, 6.45) is 3.10. The predicted octanol–water partition coefficient (Wildman–Crippen LogP) is 1.80. The van der Waals surface area contributed by atoms with E-state index in [2.05, 4.69) is 15.7 Å². The Morgan fingerprint density at radius 3 is 2.64 bits per heavy atom. The first-order chi connectivity index (χ1) is 10.5. The Morgan fingerprint density at radius 2 is 2.05 bits per heavy atom. The summed E-state index contributed by atoms with van der Waals surface area (Å²) in [4.78, 5) is 22.7. The molecule has 2 aromatic rings. The Bertz CT molecular complexity index is 708. The standard InChI is InChI=1S/C15H16N4O3/c1-19-8-11(7-16-19)17-14(20)10-4-2-9(3-5-10)12-6-13(12)18-15(21)22/h2-5,7-8,12-13,18H,6H2,1H3,(H,17,20)(H,21,22)/t12-,13+/m0/s1. The van der Waals surface area contributed by atoms with Crippen LogP contribution < -0.4 is 10.6 Å². The summed E-state index contributed by atoms with van der Waals surface area (Å²) in [6, 6.07) is 7.21. The minimum atomic E-state index is -1.00. The van der Waals surface area contributed by atoms with E-state index in [0.717, 1.165) is 12.0 Å². The first-order valence-electron chi connectivity index (χ1n) is 6.92. The molecule has 0 unspecified atom stereocenters. The molecule has 114 valence electrons. The van der Waals surface area contributed by atoms with E-state index in [9.17, 15) is 9.59 Å². The van der Waals surface area contributed by atoms with Gasteiger partial charge in [-0.15, -0.1) is 0 Å². The van der Waals surface area contributed by atoms with Crippen molar-refractivity contribution in [3.05, 3.63) is 47.8 Å². The van der Waals surface area contributed by atoms with Crippen LogP contribution in [0.3, 0.4) is 0 Å². The van der Waals surface area contributed by atoms with E-state index < -0.39 is 6.09 Å². The van der Waals surface area contributed by atoms with Gasteiger partial charge >= 0.3 is 6.09 Å². The molecule has 0 saturated heterocycles. The lowest BCUT2D eigenvalue weighted by atomic mass is 10.1. The number of carbonyl (C=O) groups excluding carboxylic acids is 1. The van der Waals surface area contributed by atoms with Crippen molar-refractivity contribution in [2.45, 2.75) is 18.4 Å². The maximum atomic E-state index is 12.1. The van der Waals surface area contributed by atoms with Gasteiger partial charge in [-0.25, -0.2) is 4.79 Å². The molecule has 1 aromatic heterocycles. The molecule has 2 amide bonds. The summed E-state index contributed by atoms with van der Waals surface area (Å²) in [5, 5.41) is 17.9. The zero-order chi connectivity index (χ0) is 15.7. The van der Waals surface area contributed by atoms with E-state index in [4.69, 9.17) is 5.11 Å². The molecule has 0 spiro atoms. The Hall–Kier alpha value is -2.83. The zero-order valence-electron chi connectivity index (χ0n) is 12.0. The molecule has 2 atom stereocenters. The molecule has 1 aromatic carbocycles. The van der Waals surface area contributed by atoms with E-state index in [1.807, 2.05) is 12.1 Å². The highest BCUT2D eigenvalue weighted by Crippen LogP contribution is 2.40. The molecule has 0 bridgehead atoms.